The van der Waals surface area contributed by atoms with Gasteiger partial charge >= 0.3 is 0 Å². The average Bonchev–Trinajstić information content (AvgIpc) is 2.34. The summed E-state index contributed by atoms with van der Waals surface area (Å²) in [5.74, 6) is 0.877. The summed E-state index contributed by atoms with van der Waals surface area (Å²) in [6.45, 7) is 5.21. The fourth-order valence-corrected chi connectivity index (χ4v) is 1.51. The zero-order valence-electron chi connectivity index (χ0n) is 7.10. The molecule has 1 aliphatic carbocycles. The highest BCUT2D eigenvalue weighted by molar-refractivity contribution is 4.66. The van der Waals surface area contributed by atoms with Crippen LogP contribution in [0.2, 0.25) is 0 Å². The molecule has 60 valence electrons. The van der Waals surface area contributed by atoms with Gasteiger partial charge in [-0.1, -0.05) is 12.8 Å². The third kappa shape index (κ3) is 2.70. The van der Waals surface area contributed by atoms with Crippen molar-refractivity contribution >= 4 is 0 Å². The van der Waals surface area contributed by atoms with E-state index in [1.165, 1.54) is 25.7 Å². The Kier molecular flexibility index (Phi) is 3.20. The van der Waals surface area contributed by atoms with Gasteiger partial charge in [0, 0.05) is 6.61 Å². The lowest BCUT2D eigenvalue weighted by atomic mass is 10.1. The van der Waals surface area contributed by atoms with Crippen LogP contribution >= 0.6 is 0 Å². The van der Waals surface area contributed by atoms with Gasteiger partial charge in [-0.05, 0) is 32.6 Å². The van der Waals surface area contributed by atoms with Gasteiger partial charge in [-0.25, -0.2) is 0 Å². The standard InChI is InChI=1S/C9H18O/c1-8(2)10-7-9-5-3-4-6-9/h8-9H,3-7H2,1-2H3. The third-order valence-corrected chi connectivity index (χ3v) is 2.14. The smallest absolute Gasteiger partial charge is 0.0519 e. The first-order chi connectivity index (χ1) is 4.79. The Morgan fingerprint density at radius 3 is 2.40 bits per heavy atom. The predicted octanol–water partition coefficient (Wildman–Crippen LogP) is 2.60. The molecule has 10 heavy (non-hydrogen) atoms. The molecule has 0 aromatic rings. The molecular formula is C9H18O. The van der Waals surface area contributed by atoms with Gasteiger partial charge in [-0.3, -0.25) is 0 Å². The molecule has 0 saturated heterocycles. The minimum Gasteiger partial charge on any atom is -0.379 e. The van der Waals surface area contributed by atoms with E-state index in [4.69, 9.17) is 4.74 Å². The first kappa shape index (κ1) is 8.06. The van der Waals surface area contributed by atoms with Crippen LogP contribution in [0.1, 0.15) is 39.5 Å². The largest absolute Gasteiger partial charge is 0.379 e. The first-order valence-electron chi connectivity index (χ1n) is 4.40. The van der Waals surface area contributed by atoms with Crippen LogP contribution in [-0.2, 0) is 4.74 Å². The Hall–Kier alpha value is -0.0400. The van der Waals surface area contributed by atoms with E-state index >= 15 is 0 Å². The lowest BCUT2D eigenvalue weighted by Gasteiger charge is -2.11. The van der Waals surface area contributed by atoms with Crippen molar-refractivity contribution in [3.63, 3.8) is 0 Å². The first-order valence-corrected chi connectivity index (χ1v) is 4.40. The van der Waals surface area contributed by atoms with Gasteiger partial charge in [0.15, 0.2) is 0 Å². The fraction of sp³-hybridized carbons (Fsp3) is 1.00. The summed E-state index contributed by atoms with van der Waals surface area (Å²) >= 11 is 0. The highest BCUT2D eigenvalue weighted by atomic mass is 16.5. The number of ether oxygens (including phenoxy) is 1. The molecule has 0 amide bonds. The van der Waals surface area contributed by atoms with Crippen molar-refractivity contribution in [2.45, 2.75) is 45.6 Å². The SMILES string of the molecule is CC(C)OCC1CCCC1. The second-order valence-corrected chi connectivity index (χ2v) is 3.53. The van der Waals surface area contributed by atoms with Gasteiger partial charge in [-0.15, -0.1) is 0 Å². The zero-order valence-corrected chi connectivity index (χ0v) is 7.10. The molecular weight excluding hydrogens is 124 g/mol. The molecule has 0 aromatic heterocycles. The third-order valence-electron chi connectivity index (χ3n) is 2.14. The van der Waals surface area contributed by atoms with E-state index in [9.17, 15) is 0 Å². The average molecular weight is 142 g/mol. The molecule has 0 atom stereocenters. The Balaban J connectivity index is 2.01. The molecule has 0 radical (unpaired) electrons. The van der Waals surface area contributed by atoms with E-state index in [2.05, 4.69) is 13.8 Å². The highest BCUT2D eigenvalue weighted by Crippen LogP contribution is 2.24. The van der Waals surface area contributed by atoms with Crippen LogP contribution in [0.4, 0.5) is 0 Å². The zero-order chi connectivity index (χ0) is 7.40. The lowest BCUT2D eigenvalue weighted by Crippen LogP contribution is -2.10. The molecule has 0 heterocycles. The van der Waals surface area contributed by atoms with E-state index in [-0.39, 0.29) is 0 Å². The number of hydrogen-bond acceptors (Lipinski definition) is 1. The molecule has 0 bridgehead atoms. The molecule has 0 aliphatic heterocycles. The predicted molar refractivity (Wildman–Crippen MR) is 43.0 cm³/mol. The summed E-state index contributed by atoms with van der Waals surface area (Å²) in [6.07, 6.45) is 6.05. The maximum Gasteiger partial charge on any atom is 0.0519 e. The van der Waals surface area contributed by atoms with Crippen LogP contribution in [0.25, 0.3) is 0 Å². The van der Waals surface area contributed by atoms with Crippen molar-refractivity contribution < 1.29 is 4.74 Å². The molecule has 1 saturated carbocycles. The topological polar surface area (TPSA) is 9.23 Å². The van der Waals surface area contributed by atoms with Gasteiger partial charge in [0.05, 0.1) is 6.10 Å². The van der Waals surface area contributed by atoms with E-state index in [1.54, 1.807) is 0 Å². The van der Waals surface area contributed by atoms with Gasteiger partial charge in [0.1, 0.15) is 0 Å². The van der Waals surface area contributed by atoms with Crippen LogP contribution in [0.5, 0.6) is 0 Å². The Morgan fingerprint density at radius 1 is 1.30 bits per heavy atom. The van der Waals surface area contributed by atoms with Crippen molar-refractivity contribution in [2.24, 2.45) is 5.92 Å². The van der Waals surface area contributed by atoms with Gasteiger partial charge in [0.25, 0.3) is 0 Å². The van der Waals surface area contributed by atoms with Gasteiger partial charge in [-0.2, -0.15) is 0 Å². The summed E-state index contributed by atoms with van der Waals surface area (Å²) in [5, 5.41) is 0. The van der Waals surface area contributed by atoms with Crippen LogP contribution in [0, 0.1) is 5.92 Å². The second kappa shape index (κ2) is 3.97. The molecule has 1 heteroatoms. The highest BCUT2D eigenvalue weighted by Gasteiger charge is 2.14. The second-order valence-electron chi connectivity index (χ2n) is 3.53. The monoisotopic (exact) mass is 142 g/mol. The normalized spacial score (nSPS) is 20.7. The van der Waals surface area contributed by atoms with Crippen LogP contribution in [0.15, 0.2) is 0 Å². The molecule has 0 unspecified atom stereocenters. The summed E-state index contributed by atoms with van der Waals surface area (Å²) in [6, 6.07) is 0. The molecule has 1 fully saturated rings. The minimum absolute atomic E-state index is 0.417. The van der Waals surface area contributed by atoms with Crippen molar-refractivity contribution in [1.29, 1.82) is 0 Å². The van der Waals surface area contributed by atoms with Gasteiger partial charge in [0.2, 0.25) is 0 Å². The van der Waals surface area contributed by atoms with Crippen LogP contribution < -0.4 is 0 Å². The maximum atomic E-state index is 5.53. The molecule has 0 spiro atoms. The molecule has 0 N–H and O–H groups in total. The van der Waals surface area contributed by atoms with Gasteiger partial charge < -0.3 is 4.74 Å². The quantitative estimate of drug-likeness (QED) is 0.588. The molecule has 1 rings (SSSR count). The van der Waals surface area contributed by atoms with E-state index in [0.29, 0.717) is 6.10 Å². The Labute approximate surface area is 63.8 Å². The minimum atomic E-state index is 0.417. The van der Waals surface area contributed by atoms with Crippen LogP contribution in [0.3, 0.4) is 0 Å². The van der Waals surface area contributed by atoms with Crippen molar-refractivity contribution in [1.82, 2.24) is 0 Å². The molecule has 0 aromatic carbocycles. The summed E-state index contributed by atoms with van der Waals surface area (Å²) < 4.78 is 5.53. The molecule has 1 nitrogen and oxygen atoms in total. The van der Waals surface area contributed by atoms with E-state index < -0.39 is 0 Å². The molecule has 1 aliphatic rings. The fourth-order valence-electron chi connectivity index (χ4n) is 1.51. The van der Waals surface area contributed by atoms with E-state index in [0.717, 1.165) is 12.5 Å². The number of rotatable bonds is 3. The van der Waals surface area contributed by atoms with Crippen molar-refractivity contribution in [2.75, 3.05) is 6.61 Å². The van der Waals surface area contributed by atoms with Crippen molar-refractivity contribution in [3.8, 4) is 0 Å². The summed E-state index contributed by atoms with van der Waals surface area (Å²) in [4.78, 5) is 0. The van der Waals surface area contributed by atoms with Crippen molar-refractivity contribution in [3.05, 3.63) is 0 Å². The lowest BCUT2D eigenvalue weighted by molar-refractivity contribution is 0.0527. The summed E-state index contributed by atoms with van der Waals surface area (Å²) in [5.41, 5.74) is 0. The maximum absolute atomic E-state index is 5.53. The van der Waals surface area contributed by atoms with E-state index in [1.807, 2.05) is 0 Å². The Morgan fingerprint density at radius 2 is 1.90 bits per heavy atom. The van der Waals surface area contributed by atoms with Crippen LogP contribution in [-0.4, -0.2) is 12.7 Å². The number of hydrogen-bond donors (Lipinski definition) is 0. The Bertz CT molecular complexity index is 82.7. The summed E-state index contributed by atoms with van der Waals surface area (Å²) in [7, 11) is 0.